The predicted molar refractivity (Wildman–Crippen MR) is 58.0 cm³/mol. The molecule has 4 nitrogen and oxygen atoms in total. The van der Waals surface area contributed by atoms with Gasteiger partial charge in [-0.05, 0) is 0 Å². The molecule has 0 saturated heterocycles. The van der Waals surface area contributed by atoms with Crippen LogP contribution in [0.15, 0.2) is 0 Å². The van der Waals surface area contributed by atoms with E-state index < -0.39 is 57.6 Å². The second-order valence-corrected chi connectivity index (χ2v) is 3.98. The number of aromatic nitrogens is 2. The van der Waals surface area contributed by atoms with E-state index in [0.717, 1.165) is 0 Å². The third-order valence-electron chi connectivity index (χ3n) is 2.69. The van der Waals surface area contributed by atoms with Gasteiger partial charge in [0.05, 0.1) is 5.56 Å². The number of anilines is 1. The molecule has 22 heavy (non-hydrogen) atoms. The van der Waals surface area contributed by atoms with Gasteiger partial charge in [-0.3, -0.25) is 5.10 Å². The lowest BCUT2D eigenvalue weighted by molar-refractivity contribution is -0.143. The zero-order valence-corrected chi connectivity index (χ0v) is 10.1. The van der Waals surface area contributed by atoms with Crippen LogP contribution in [0, 0.1) is 34.6 Å². The first-order chi connectivity index (χ1) is 10.1. The van der Waals surface area contributed by atoms with Gasteiger partial charge in [0.1, 0.15) is 28.7 Å². The second-order valence-electron chi connectivity index (χ2n) is 3.98. The van der Waals surface area contributed by atoms with E-state index in [1.165, 1.54) is 6.07 Å². The molecule has 0 fully saturated rings. The van der Waals surface area contributed by atoms with E-state index in [1.807, 2.05) is 5.10 Å². The van der Waals surface area contributed by atoms with Crippen molar-refractivity contribution >= 4 is 5.82 Å². The number of rotatable bonds is 1. The van der Waals surface area contributed by atoms with E-state index >= 15 is 0 Å². The molecule has 0 aliphatic heterocycles. The maximum Gasteiger partial charge on any atom is 0.422 e. The Bertz CT molecular complexity index is 771. The van der Waals surface area contributed by atoms with Gasteiger partial charge in [0.15, 0.2) is 23.3 Å². The molecule has 0 amide bonds. The van der Waals surface area contributed by atoms with Gasteiger partial charge in [-0.2, -0.15) is 23.5 Å². The van der Waals surface area contributed by atoms with Crippen molar-refractivity contribution in [3.05, 3.63) is 34.4 Å². The molecule has 0 spiro atoms. The lowest BCUT2D eigenvalue weighted by Crippen LogP contribution is -2.16. The Morgan fingerprint density at radius 1 is 1.00 bits per heavy atom. The van der Waals surface area contributed by atoms with Gasteiger partial charge < -0.3 is 5.73 Å². The normalized spacial score (nSPS) is 11.5. The fourth-order valence-corrected chi connectivity index (χ4v) is 1.74. The van der Waals surface area contributed by atoms with E-state index in [-0.39, 0.29) is 0 Å². The molecule has 0 bridgehead atoms. The van der Waals surface area contributed by atoms with E-state index in [2.05, 4.69) is 5.10 Å². The van der Waals surface area contributed by atoms with Gasteiger partial charge in [0, 0.05) is 0 Å². The highest BCUT2D eigenvalue weighted by Crippen LogP contribution is 2.40. The lowest BCUT2D eigenvalue weighted by atomic mass is 10.0. The van der Waals surface area contributed by atoms with Gasteiger partial charge in [-0.15, -0.1) is 0 Å². The number of halogens is 7. The summed E-state index contributed by atoms with van der Waals surface area (Å²) in [7, 11) is 0. The van der Waals surface area contributed by atoms with Crippen molar-refractivity contribution in [1.29, 1.82) is 5.26 Å². The molecule has 3 N–H and O–H groups in total. The number of nitrogens with one attached hydrogen (secondary N) is 1. The maximum absolute atomic E-state index is 13.8. The highest BCUT2D eigenvalue weighted by molar-refractivity contribution is 5.73. The van der Waals surface area contributed by atoms with Crippen LogP contribution in [0.25, 0.3) is 11.3 Å². The molecule has 2 rings (SSSR count). The summed E-state index contributed by atoms with van der Waals surface area (Å²) < 4.78 is 91.8. The quantitative estimate of drug-likeness (QED) is 0.625. The van der Waals surface area contributed by atoms with E-state index in [4.69, 9.17) is 11.0 Å². The Balaban J connectivity index is 2.89. The zero-order chi connectivity index (χ0) is 16.8. The third kappa shape index (κ3) is 2.12. The molecular formula is C11H3F7N4. The van der Waals surface area contributed by atoms with Gasteiger partial charge in [0.25, 0.3) is 0 Å². The van der Waals surface area contributed by atoms with Gasteiger partial charge in [-0.25, -0.2) is 17.6 Å². The van der Waals surface area contributed by atoms with Crippen LogP contribution in [0.3, 0.4) is 0 Å². The molecule has 116 valence electrons. The first-order valence-electron chi connectivity index (χ1n) is 5.28. The number of H-pyrrole nitrogens is 1. The van der Waals surface area contributed by atoms with Crippen LogP contribution in [0.1, 0.15) is 11.1 Å². The number of nitrogens with zero attached hydrogens (tertiary/aromatic N) is 2. The van der Waals surface area contributed by atoms with Crippen LogP contribution in [0.4, 0.5) is 36.6 Å². The summed E-state index contributed by atoms with van der Waals surface area (Å²) in [5.41, 5.74) is -0.678. The van der Waals surface area contributed by atoms with Crippen LogP contribution in [0.2, 0.25) is 0 Å². The summed E-state index contributed by atoms with van der Waals surface area (Å²) in [6, 6.07) is 1.36. The number of aromatic amines is 1. The molecule has 0 radical (unpaired) electrons. The van der Waals surface area contributed by atoms with Gasteiger partial charge in [0.2, 0.25) is 0 Å². The molecule has 2 aromatic rings. The number of hydrogen-bond acceptors (Lipinski definition) is 3. The molecule has 0 unspecified atom stereocenters. The number of nitrogens with two attached hydrogens (primary N) is 1. The van der Waals surface area contributed by atoms with Crippen molar-refractivity contribution in [3.63, 3.8) is 0 Å². The fraction of sp³-hybridized carbons (Fsp3) is 0.0909. The minimum atomic E-state index is -5.66. The third-order valence-corrected chi connectivity index (χ3v) is 2.69. The summed E-state index contributed by atoms with van der Waals surface area (Å²) in [5.74, 6) is -10.4. The number of alkyl halides is 3. The first-order valence-corrected chi connectivity index (χ1v) is 5.28. The van der Waals surface area contributed by atoms with Crippen molar-refractivity contribution in [3.8, 4) is 17.3 Å². The zero-order valence-electron chi connectivity index (χ0n) is 10.1. The van der Waals surface area contributed by atoms with Crippen LogP contribution in [-0.2, 0) is 6.18 Å². The lowest BCUT2D eigenvalue weighted by Gasteiger charge is -2.13. The maximum atomic E-state index is 13.8. The molecule has 1 aromatic heterocycles. The Morgan fingerprint density at radius 2 is 1.50 bits per heavy atom. The molecule has 0 atom stereocenters. The number of hydrogen-bond donors (Lipinski definition) is 2. The minimum absolute atomic E-state index is 0.475. The standard InChI is InChI=1S/C11H3F7N4/c12-5-3(9-2(1-19)10(20)22-21-9)6(13)8(15)4(7(5)14)11(16,17)18/h(H3,20,21,22). The first kappa shape index (κ1) is 15.6. The summed E-state index contributed by atoms with van der Waals surface area (Å²) in [5, 5.41) is 13.9. The van der Waals surface area contributed by atoms with Crippen molar-refractivity contribution in [2.45, 2.75) is 6.18 Å². The number of benzene rings is 1. The smallest absolute Gasteiger partial charge is 0.383 e. The topological polar surface area (TPSA) is 78.5 Å². The molecule has 1 aromatic carbocycles. The van der Waals surface area contributed by atoms with Crippen molar-refractivity contribution < 1.29 is 30.7 Å². The Labute approximate surface area is 117 Å². The second kappa shape index (κ2) is 4.90. The van der Waals surface area contributed by atoms with Crippen molar-refractivity contribution in [1.82, 2.24) is 10.2 Å². The van der Waals surface area contributed by atoms with Gasteiger partial charge in [-0.1, -0.05) is 0 Å². The number of nitriles is 1. The van der Waals surface area contributed by atoms with Crippen LogP contribution in [0.5, 0.6) is 0 Å². The Hall–Kier alpha value is -2.77. The summed E-state index contributed by atoms with van der Waals surface area (Å²) in [6.07, 6.45) is -5.66. The largest absolute Gasteiger partial charge is 0.422 e. The average Bonchev–Trinajstić information content (AvgIpc) is 2.76. The SMILES string of the molecule is N#Cc1c(-c2c(F)c(F)c(C(F)(F)F)c(F)c2F)n[nH]c1N. The summed E-state index contributed by atoms with van der Waals surface area (Å²) in [6.45, 7) is 0. The van der Waals surface area contributed by atoms with Crippen molar-refractivity contribution in [2.75, 3.05) is 5.73 Å². The molecule has 0 aliphatic rings. The fourth-order valence-electron chi connectivity index (χ4n) is 1.74. The Morgan fingerprint density at radius 3 is 1.91 bits per heavy atom. The molecule has 0 aliphatic carbocycles. The van der Waals surface area contributed by atoms with Crippen LogP contribution < -0.4 is 5.73 Å². The predicted octanol–water partition coefficient (Wildman–Crippen LogP) is 3.11. The van der Waals surface area contributed by atoms with Crippen molar-refractivity contribution in [2.24, 2.45) is 0 Å². The molecule has 11 heteroatoms. The summed E-state index contributed by atoms with van der Waals surface area (Å²) in [4.78, 5) is 0. The average molecular weight is 324 g/mol. The van der Waals surface area contributed by atoms with E-state index in [0.29, 0.717) is 0 Å². The molecule has 1 heterocycles. The number of nitrogen functional groups attached to an aromatic ring is 1. The monoisotopic (exact) mass is 324 g/mol. The Kier molecular flexibility index (Phi) is 3.48. The van der Waals surface area contributed by atoms with E-state index in [9.17, 15) is 30.7 Å². The minimum Gasteiger partial charge on any atom is -0.383 e. The molecular weight excluding hydrogens is 321 g/mol. The summed E-state index contributed by atoms with van der Waals surface area (Å²) >= 11 is 0. The highest BCUT2D eigenvalue weighted by atomic mass is 19.4. The van der Waals surface area contributed by atoms with Crippen LogP contribution in [-0.4, -0.2) is 10.2 Å². The van der Waals surface area contributed by atoms with Gasteiger partial charge >= 0.3 is 6.18 Å². The van der Waals surface area contributed by atoms with Crippen LogP contribution >= 0.6 is 0 Å². The van der Waals surface area contributed by atoms with E-state index in [1.54, 1.807) is 0 Å². The highest BCUT2D eigenvalue weighted by Gasteiger charge is 2.43. The molecule has 0 saturated carbocycles.